The van der Waals surface area contributed by atoms with E-state index < -0.39 is 58.7 Å². The van der Waals surface area contributed by atoms with Crippen LogP contribution in [0.2, 0.25) is 5.02 Å². The summed E-state index contributed by atoms with van der Waals surface area (Å²) in [6, 6.07) is 4.75. The number of ether oxygens (including phenoxy) is 4. The number of carboxylic acid groups (broad SMARTS) is 1. The molecule has 59 heavy (non-hydrogen) atoms. The lowest BCUT2D eigenvalue weighted by Gasteiger charge is -2.35. The standard InChI is InChI=1S/C43H52ClN5O10/c1-6-24-19-43(24,40(53)54)48-38(51)32-16-27(20-49(32)39(52)29(42(2,3)4)17-35(50)59-26-14-22-13-23(22)15-26)58-34-18-30(31-21-57-41(47-31)45-25-7-8-25)46-37-28(34)9-10-33(36(37)44)56-12-11-55-5/h6,9-10,18,21-27,29,32H,1,7-8,11-17,19-20H2,2-5H3,(H,45,47)(H,48,51)(H,53,54)/t22-,23+,24-,26+,27-,29-,32+,43-/m1/s1. The third-order valence-electron chi connectivity index (χ3n) is 12.4. The summed E-state index contributed by atoms with van der Waals surface area (Å²) in [5.74, 6) is -2.00. The van der Waals surface area contributed by atoms with Crippen molar-refractivity contribution in [3.05, 3.63) is 42.1 Å². The highest BCUT2D eigenvalue weighted by Gasteiger charge is 2.61. The molecule has 4 aliphatic carbocycles. The molecular weight excluding hydrogens is 782 g/mol. The Balaban J connectivity index is 1.10. The van der Waals surface area contributed by atoms with Crippen molar-refractivity contribution in [3.8, 4) is 22.9 Å². The maximum absolute atomic E-state index is 14.8. The van der Waals surface area contributed by atoms with Crippen LogP contribution < -0.4 is 20.1 Å². The monoisotopic (exact) mass is 833 g/mol. The number of esters is 1. The smallest absolute Gasteiger partial charge is 0.330 e. The van der Waals surface area contributed by atoms with Gasteiger partial charge in [0, 0.05) is 36.9 Å². The number of nitrogens with zero attached hydrogens (tertiary/aromatic N) is 3. The number of carbonyl (C=O) groups excluding carboxylic acids is 3. The van der Waals surface area contributed by atoms with E-state index in [0.717, 1.165) is 25.7 Å². The van der Waals surface area contributed by atoms with Crippen molar-refractivity contribution in [2.24, 2.45) is 29.1 Å². The Kier molecular flexibility index (Phi) is 11.0. The van der Waals surface area contributed by atoms with Crippen LogP contribution in [0.4, 0.5) is 6.01 Å². The molecule has 1 aromatic carbocycles. The summed E-state index contributed by atoms with van der Waals surface area (Å²) < 4.78 is 29.3. The van der Waals surface area contributed by atoms with Gasteiger partial charge >= 0.3 is 11.9 Å². The maximum Gasteiger partial charge on any atom is 0.330 e. The number of hydrogen-bond acceptors (Lipinski definition) is 12. The molecule has 3 heterocycles. The van der Waals surface area contributed by atoms with Crippen LogP contribution in [0.5, 0.6) is 11.5 Å². The van der Waals surface area contributed by atoms with Crippen molar-refractivity contribution in [1.29, 1.82) is 0 Å². The Morgan fingerprint density at radius 1 is 1.07 bits per heavy atom. The second kappa shape index (κ2) is 15.9. The summed E-state index contributed by atoms with van der Waals surface area (Å²) in [6.45, 7) is 9.95. The van der Waals surface area contributed by atoms with Crippen LogP contribution in [0.1, 0.15) is 72.1 Å². The number of amides is 2. The summed E-state index contributed by atoms with van der Waals surface area (Å²) in [5.41, 5.74) is -1.02. The fraction of sp³-hybridized carbons (Fsp3) is 0.581. The number of anilines is 1. The van der Waals surface area contributed by atoms with Gasteiger partial charge in [0.25, 0.3) is 6.01 Å². The number of carboxylic acids is 1. The van der Waals surface area contributed by atoms with Gasteiger partial charge in [-0.25, -0.2) is 9.78 Å². The van der Waals surface area contributed by atoms with E-state index in [-0.39, 0.29) is 43.5 Å². The minimum atomic E-state index is -1.53. The molecule has 16 heteroatoms. The molecule has 5 aliphatic rings. The van der Waals surface area contributed by atoms with Crippen molar-refractivity contribution in [1.82, 2.24) is 20.2 Å². The average molecular weight is 834 g/mol. The Hall–Kier alpha value is -4.89. The van der Waals surface area contributed by atoms with E-state index in [0.29, 0.717) is 64.3 Å². The molecule has 3 N–H and O–H groups in total. The third kappa shape index (κ3) is 8.59. The highest BCUT2D eigenvalue weighted by atomic mass is 35.5. The van der Waals surface area contributed by atoms with Crippen LogP contribution in [-0.2, 0) is 28.7 Å². The van der Waals surface area contributed by atoms with E-state index in [1.54, 1.807) is 25.3 Å². The van der Waals surface area contributed by atoms with Gasteiger partial charge in [0.15, 0.2) is 0 Å². The van der Waals surface area contributed by atoms with E-state index in [1.165, 1.54) is 23.7 Å². The zero-order valence-corrected chi connectivity index (χ0v) is 34.6. The molecule has 3 aromatic rings. The van der Waals surface area contributed by atoms with Crippen LogP contribution in [0, 0.1) is 29.1 Å². The highest BCUT2D eigenvalue weighted by molar-refractivity contribution is 6.36. The first kappa shape index (κ1) is 40.9. The van der Waals surface area contributed by atoms with Crippen LogP contribution >= 0.6 is 11.6 Å². The molecule has 0 bridgehead atoms. The van der Waals surface area contributed by atoms with Crippen molar-refractivity contribution in [3.63, 3.8) is 0 Å². The number of hydrogen-bond donors (Lipinski definition) is 3. The number of likely N-dealkylation sites (tertiary alicyclic amines) is 1. The SMILES string of the molecule is C=C[C@@H]1C[C@]1(NC(=O)[C@@H]1C[C@@H](Oc2cc(-c3coc(NC4CC4)n3)nc3c(Cl)c(OCCOC)ccc23)CN1C(=O)[C@@H](CC(=O)O[C@@H]1C[C@@H]2C[C@@H]2C1)C(C)(C)C)C(=O)O. The van der Waals surface area contributed by atoms with E-state index in [9.17, 15) is 24.3 Å². The van der Waals surface area contributed by atoms with Crippen LogP contribution in [0.3, 0.4) is 0 Å². The molecule has 316 valence electrons. The van der Waals surface area contributed by atoms with Crippen molar-refractivity contribution in [2.75, 3.05) is 32.2 Å². The lowest BCUT2D eigenvalue weighted by atomic mass is 9.77. The minimum Gasteiger partial charge on any atom is -0.490 e. The Morgan fingerprint density at radius 2 is 1.83 bits per heavy atom. The first-order chi connectivity index (χ1) is 28.2. The first-order valence-corrected chi connectivity index (χ1v) is 20.9. The Labute approximate surface area is 347 Å². The van der Waals surface area contributed by atoms with Crippen LogP contribution in [-0.4, -0.2) is 100 Å². The first-order valence-electron chi connectivity index (χ1n) is 20.5. The number of aromatic nitrogens is 2. The summed E-state index contributed by atoms with van der Waals surface area (Å²) in [6.07, 6.45) is 7.10. The number of oxazole rings is 1. The van der Waals surface area contributed by atoms with Crippen molar-refractivity contribution in [2.45, 2.75) is 102 Å². The van der Waals surface area contributed by atoms with Gasteiger partial charge in [0.2, 0.25) is 11.8 Å². The average Bonchev–Trinajstić information content (AvgIpc) is 4.14. The second-order valence-corrected chi connectivity index (χ2v) is 18.2. The van der Waals surface area contributed by atoms with E-state index >= 15 is 0 Å². The van der Waals surface area contributed by atoms with Crippen molar-refractivity contribution < 1.29 is 47.6 Å². The van der Waals surface area contributed by atoms with E-state index in [1.807, 2.05) is 20.8 Å². The van der Waals surface area contributed by atoms with Crippen molar-refractivity contribution >= 4 is 52.3 Å². The third-order valence-corrected chi connectivity index (χ3v) is 12.8. The van der Waals surface area contributed by atoms with Crippen LogP contribution in [0.15, 0.2) is 41.5 Å². The number of methoxy groups -OCH3 is 1. The quantitative estimate of drug-likeness (QED) is 0.0813. The lowest BCUT2D eigenvalue weighted by molar-refractivity contribution is -0.157. The van der Waals surface area contributed by atoms with Gasteiger partial charge in [0.05, 0.1) is 36.7 Å². The minimum absolute atomic E-state index is 0.0278. The van der Waals surface area contributed by atoms with Gasteiger partial charge in [-0.3, -0.25) is 14.4 Å². The summed E-state index contributed by atoms with van der Waals surface area (Å²) in [7, 11) is 1.57. The van der Waals surface area contributed by atoms with Crippen LogP contribution in [0.25, 0.3) is 22.3 Å². The zero-order chi connectivity index (χ0) is 41.8. The molecule has 2 aromatic heterocycles. The summed E-state index contributed by atoms with van der Waals surface area (Å²) in [5, 5.41) is 16.9. The topological polar surface area (TPSA) is 192 Å². The highest BCUT2D eigenvalue weighted by Crippen LogP contribution is 2.53. The fourth-order valence-corrected chi connectivity index (χ4v) is 8.90. The lowest BCUT2D eigenvalue weighted by Crippen LogP contribution is -2.54. The molecule has 0 radical (unpaired) electrons. The molecule has 1 aliphatic heterocycles. The Bertz CT molecular complexity index is 2140. The molecule has 8 rings (SSSR count). The van der Waals surface area contributed by atoms with Gasteiger partial charge in [-0.2, -0.15) is 4.98 Å². The number of halogens is 1. The molecular formula is C43H52ClN5O10. The van der Waals surface area contributed by atoms with E-state index in [2.05, 4.69) is 22.2 Å². The van der Waals surface area contributed by atoms with E-state index in [4.69, 9.17) is 39.9 Å². The van der Waals surface area contributed by atoms with Gasteiger partial charge in [-0.05, 0) is 67.9 Å². The molecule has 2 amide bonds. The molecule has 0 spiro atoms. The molecule has 4 saturated carbocycles. The number of rotatable bonds is 17. The predicted molar refractivity (Wildman–Crippen MR) is 216 cm³/mol. The summed E-state index contributed by atoms with van der Waals surface area (Å²) in [4.78, 5) is 65.7. The van der Waals surface area contributed by atoms with Gasteiger partial charge in [0.1, 0.15) is 58.9 Å². The number of fused-ring (bicyclic) bond motifs is 2. The van der Waals surface area contributed by atoms with Gasteiger partial charge in [-0.15, -0.1) is 6.58 Å². The zero-order valence-electron chi connectivity index (χ0n) is 33.8. The number of carbonyl (C=O) groups is 4. The number of pyridine rings is 1. The van der Waals surface area contributed by atoms with Gasteiger partial charge < -0.3 is 44.0 Å². The second-order valence-electron chi connectivity index (χ2n) is 17.8. The molecule has 0 unspecified atom stereocenters. The normalized spacial score (nSPS) is 27.4. The molecule has 5 fully saturated rings. The number of benzene rings is 1. The maximum atomic E-state index is 14.8. The molecule has 8 atom stereocenters. The molecule has 15 nitrogen and oxygen atoms in total. The summed E-state index contributed by atoms with van der Waals surface area (Å²) >= 11 is 6.94. The molecule has 1 saturated heterocycles. The number of aliphatic carboxylic acids is 1. The largest absolute Gasteiger partial charge is 0.490 e. The fourth-order valence-electron chi connectivity index (χ4n) is 8.64. The Morgan fingerprint density at radius 3 is 2.49 bits per heavy atom. The predicted octanol–water partition coefficient (Wildman–Crippen LogP) is 6.03. The van der Waals surface area contributed by atoms with Gasteiger partial charge in [-0.1, -0.05) is 38.4 Å². The number of nitrogens with one attached hydrogen (secondary N) is 2.